The second-order valence-corrected chi connectivity index (χ2v) is 4.58. The maximum atomic E-state index is 13.8. The van der Waals surface area contributed by atoms with Crippen LogP contribution in [0.1, 0.15) is 11.6 Å². The first-order valence-electron chi connectivity index (χ1n) is 5.68. The summed E-state index contributed by atoms with van der Waals surface area (Å²) in [7, 11) is 0. The SMILES string of the molecule is NC(=S)C(c1ccccc1F)N1CCNCC1. The molecule has 3 N–H and O–H groups in total. The second kappa shape index (κ2) is 5.53. The molecule has 0 spiro atoms. The van der Waals surface area contributed by atoms with E-state index in [0.717, 1.165) is 26.2 Å². The first kappa shape index (κ1) is 12.4. The first-order valence-corrected chi connectivity index (χ1v) is 6.09. The molecule has 0 saturated carbocycles. The van der Waals surface area contributed by atoms with Crippen LogP contribution in [0.2, 0.25) is 0 Å². The van der Waals surface area contributed by atoms with E-state index in [1.165, 1.54) is 6.07 Å². The van der Waals surface area contributed by atoms with Gasteiger partial charge in [0, 0.05) is 31.7 Å². The quantitative estimate of drug-likeness (QED) is 0.790. The van der Waals surface area contributed by atoms with Gasteiger partial charge in [0.15, 0.2) is 0 Å². The number of nitrogens with two attached hydrogens (primary N) is 1. The third-order valence-electron chi connectivity index (χ3n) is 2.99. The number of rotatable bonds is 3. The lowest BCUT2D eigenvalue weighted by atomic mass is 10.0. The number of nitrogens with one attached hydrogen (secondary N) is 1. The molecule has 0 amide bonds. The summed E-state index contributed by atoms with van der Waals surface area (Å²) in [5, 5.41) is 3.26. The largest absolute Gasteiger partial charge is 0.392 e. The van der Waals surface area contributed by atoms with Gasteiger partial charge in [0.2, 0.25) is 0 Å². The fourth-order valence-electron chi connectivity index (χ4n) is 2.17. The van der Waals surface area contributed by atoms with E-state index in [1.807, 2.05) is 6.07 Å². The normalized spacial score (nSPS) is 18.9. The topological polar surface area (TPSA) is 41.3 Å². The van der Waals surface area contributed by atoms with Gasteiger partial charge in [-0.3, -0.25) is 4.90 Å². The molecule has 0 aliphatic carbocycles. The Labute approximate surface area is 106 Å². The standard InChI is InChI=1S/C12H16FN3S/c13-10-4-2-1-3-9(10)11(12(14)17)16-7-5-15-6-8-16/h1-4,11,15H,5-8H2,(H2,14,17). The van der Waals surface area contributed by atoms with Crippen molar-refractivity contribution in [3.63, 3.8) is 0 Å². The Morgan fingerprint density at radius 1 is 1.35 bits per heavy atom. The zero-order chi connectivity index (χ0) is 12.3. The Morgan fingerprint density at radius 2 is 2.00 bits per heavy atom. The predicted molar refractivity (Wildman–Crippen MR) is 70.4 cm³/mol. The molecule has 92 valence electrons. The minimum absolute atomic E-state index is 0.246. The van der Waals surface area contributed by atoms with Crippen LogP contribution in [0.4, 0.5) is 4.39 Å². The zero-order valence-corrected chi connectivity index (χ0v) is 10.3. The van der Waals surface area contributed by atoms with Crippen LogP contribution < -0.4 is 11.1 Å². The highest BCUT2D eigenvalue weighted by molar-refractivity contribution is 7.80. The summed E-state index contributed by atoms with van der Waals surface area (Å²) >= 11 is 5.09. The number of thiocarbonyl (C=S) groups is 1. The monoisotopic (exact) mass is 253 g/mol. The van der Waals surface area contributed by atoms with Gasteiger partial charge in [0.05, 0.1) is 11.0 Å². The van der Waals surface area contributed by atoms with Crippen LogP contribution in [0.5, 0.6) is 0 Å². The van der Waals surface area contributed by atoms with Crippen molar-refractivity contribution in [2.75, 3.05) is 26.2 Å². The molecular weight excluding hydrogens is 237 g/mol. The molecular formula is C12H16FN3S. The Morgan fingerprint density at radius 3 is 2.59 bits per heavy atom. The summed E-state index contributed by atoms with van der Waals surface area (Å²) in [6.07, 6.45) is 0. The smallest absolute Gasteiger partial charge is 0.128 e. The maximum absolute atomic E-state index is 13.8. The van der Waals surface area contributed by atoms with E-state index in [9.17, 15) is 4.39 Å². The van der Waals surface area contributed by atoms with Crippen molar-refractivity contribution in [2.24, 2.45) is 5.73 Å². The van der Waals surface area contributed by atoms with E-state index in [1.54, 1.807) is 12.1 Å². The summed E-state index contributed by atoms with van der Waals surface area (Å²) in [4.78, 5) is 2.45. The fraction of sp³-hybridized carbons (Fsp3) is 0.417. The Hall–Kier alpha value is -1.04. The third kappa shape index (κ3) is 2.80. The maximum Gasteiger partial charge on any atom is 0.128 e. The van der Waals surface area contributed by atoms with Crippen LogP contribution in [0, 0.1) is 5.82 Å². The van der Waals surface area contributed by atoms with Crippen LogP contribution in [0.15, 0.2) is 24.3 Å². The van der Waals surface area contributed by atoms with E-state index in [2.05, 4.69) is 10.2 Å². The van der Waals surface area contributed by atoms with Gasteiger partial charge in [0.25, 0.3) is 0 Å². The summed E-state index contributed by atoms with van der Waals surface area (Å²) in [6.45, 7) is 3.42. The van der Waals surface area contributed by atoms with E-state index >= 15 is 0 Å². The molecule has 1 heterocycles. The molecule has 2 rings (SSSR count). The van der Waals surface area contributed by atoms with Crippen molar-refractivity contribution in [3.8, 4) is 0 Å². The predicted octanol–water partition coefficient (Wildman–Crippen LogP) is 1.06. The van der Waals surface area contributed by atoms with Gasteiger partial charge in [-0.05, 0) is 6.07 Å². The lowest BCUT2D eigenvalue weighted by Crippen LogP contribution is -2.48. The van der Waals surface area contributed by atoms with Crippen molar-refractivity contribution >= 4 is 17.2 Å². The number of benzene rings is 1. The molecule has 1 saturated heterocycles. The van der Waals surface area contributed by atoms with Crippen LogP contribution in [0.3, 0.4) is 0 Å². The van der Waals surface area contributed by atoms with Crippen molar-refractivity contribution < 1.29 is 4.39 Å². The highest BCUT2D eigenvalue weighted by atomic mass is 32.1. The van der Waals surface area contributed by atoms with Gasteiger partial charge in [-0.1, -0.05) is 30.4 Å². The second-order valence-electron chi connectivity index (χ2n) is 4.11. The van der Waals surface area contributed by atoms with Crippen molar-refractivity contribution in [3.05, 3.63) is 35.6 Å². The van der Waals surface area contributed by atoms with Gasteiger partial charge in [-0.15, -0.1) is 0 Å². The number of hydrogen-bond donors (Lipinski definition) is 2. The van der Waals surface area contributed by atoms with E-state index in [-0.39, 0.29) is 11.9 Å². The minimum atomic E-state index is -0.298. The summed E-state index contributed by atoms with van der Waals surface area (Å²) in [5.41, 5.74) is 6.34. The molecule has 1 aliphatic rings. The van der Waals surface area contributed by atoms with E-state index in [4.69, 9.17) is 18.0 Å². The van der Waals surface area contributed by atoms with Gasteiger partial charge in [-0.2, -0.15) is 0 Å². The lowest BCUT2D eigenvalue weighted by Gasteiger charge is -2.34. The van der Waals surface area contributed by atoms with Crippen LogP contribution in [-0.2, 0) is 0 Å². The van der Waals surface area contributed by atoms with E-state index < -0.39 is 0 Å². The van der Waals surface area contributed by atoms with Crippen LogP contribution >= 0.6 is 12.2 Å². The molecule has 0 radical (unpaired) electrons. The van der Waals surface area contributed by atoms with Crippen molar-refractivity contribution in [1.29, 1.82) is 0 Å². The third-order valence-corrected chi connectivity index (χ3v) is 3.21. The molecule has 1 aromatic carbocycles. The average molecular weight is 253 g/mol. The number of halogens is 1. The molecule has 0 aromatic heterocycles. The molecule has 5 heteroatoms. The zero-order valence-electron chi connectivity index (χ0n) is 9.53. The molecule has 1 aromatic rings. The van der Waals surface area contributed by atoms with Gasteiger partial charge in [0.1, 0.15) is 5.82 Å². The summed E-state index contributed by atoms with van der Waals surface area (Å²) in [6, 6.07) is 6.39. The van der Waals surface area contributed by atoms with Crippen LogP contribution in [0.25, 0.3) is 0 Å². The average Bonchev–Trinajstić information content (AvgIpc) is 2.33. The highest BCUT2D eigenvalue weighted by Crippen LogP contribution is 2.23. The number of piperazine rings is 1. The Balaban J connectivity index is 2.28. The molecule has 0 bridgehead atoms. The highest BCUT2D eigenvalue weighted by Gasteiger charge is 2.26. The number of hydrogen-bond acceptors (Lipinski definition) is 3. The Kier molecular flexibility index (Phi) is 4.04. The van der Waals surface area contributed by atoms with E-state index in [0.29, 0.717) is 10.6 Å². The summed E-state index contributed by atoms with van der Waals surface area (Å²) < 4.78 is 13.8. The van der Waals surface area contributed by atoms with Gasteiger partial charge >= 0.3 is 0 Å². The molecule has 1 atom stereocenters. The Bertz CT molecular complexity index is 404. The van der Waals surface area contributed by atoms with Crippen molar-refractivity contribution in [1.82, 2.24) is 10.2 Å². The van der Waals surface area contributed by atoms with Gasteiger partial charge in [-0.25, -0.2) is 4.39 Å². The molecule has 1 aliphatic heterocycles. The molecule has 1 unspecified atom stereocenters. The van der Waals surface area contributed by atoms with Gasteiger partial charge < -0.3 is 11.1 Å². The fourth-order valence-corrected chi connectivity index (χ4v) is 2.44. The van der Waals surface area contributed by atoms with Crippen molar-refractivity contribution in [2.45, 2.75) is 6.04 Å². The minimum Gasteiger partial charge on any atom is -0.392 e. The first-order chi connectivity index (χ1) is 8.20. The van der Waals surface area contributed by atoms with Crippen LogP contribution in [-0.4, -0.2) is 36.1 Å². The molecule has 3 nitrogen and oxygen atoms in total. The number of nitrogens with zero attached hydrogens (tertiary/aromatic N) is 1. The molecule has 17 heavy (non-hydrogen) atoms. The summed E-state index contributed by atoms with van der Waals surface area (Å²) in [5.74, 6) is -0.246. The lowest BCUT2D eigenvalue weighted by molar-refractivity contribution is 0.212. The molecule has 1 fully saturated rings.